The summed E-state index contributed by atoms with van der Waals surface area (Å²) in [4.78, 5) is 10.0. The molecule has 0 bridgehead atoms. The van der Waals surface area contributed by atoms with Crippen molar-refractivity contribution in [3.8, 4) is 0 Å². The number of carbonyl (C=O) groups excluding carboxylic acids is 1. The second-order valence-electron chi connectivity index (χ2n) is 2.13. The van der Waals surface area contributed by atoms with Crippen molar-refractivity contribution >= 4 is 5.91 Å². The van der Waals surface area contributed by atoms with Crippen LogP contribution in [0.3, 0.4) is 0 Å². The maximum atomic E-state index is 11.4. The predicted molar refractivity (Wildman–Crippen MR) is 31.4 cm³/mol. The quantitative estimate of drug-likeness (QED) is 0.611. The average molecular weight is 157 g/mol. The average Bonchev–Trinajstić information content (AvgIpc) is 1.60. The molecule has 2 nitrogen and oxygen atoms in total. The fraction of sp³-hybridized carbons (Fsp3) is 0.800. The van der Waals surface area contributed by atoms with Gasteiger partial charge in [0, 0.05) is 7.47 Å². The van der Waals surface area contributed by atoms with Gasteiger partial charge in [-0.05, 0) is 13.8 Å². The third kappa shape index (κ3) is 3.32. The molecular weight excluding hydrogens is 147 g/mol. The van der Waals surface area contributed by atoms with E-state index >= 15 is 0 Å². The zero-order chi connectivity index (χ0) is 8.36. The van der Waals surface area contributed by atoms with Crippen molar-refractivity contribution in [2.45, 2.75) is 26.1 Å². The van der Waals surface area contributed by atoms with Gasteiger partial charge in [0.25, 0.3) is 0 Å². The fourth-order valence-electron chi connectivity index (χ4n) is 0.344. The summed E-state index contributed by atoms with van der Waals surface area (Å²) in [7, 11) is 0. The Morgan fingerprint density at radius 3 is 2.00 bits per heavy atom. The second-order valence-corrected chi connectivity index (χ2v) is 2.13. The Morgan fingerprint density at radius 1 is 1.50 bits per heavy atom. The molecule has 0 heterocycles. The normalized spacial score (nSPS) is 11.8. The molecule has 0 rings (SSSR count). The zero-order valence-corrected chi connectivity index (χ0v) is 5.62. The lowest BCUT2D eigenvalue weighted by atomic mass is 10.4. The van der Waals surface area contributed by atoms with Gasteiger partial charge < -0.3 is 5.32 Å². The van der Waals surface area contributed by atoms with Gasteiger partial charge in [0.2, 0.25) is 0 Å². The minimum Gasteiger partial charge on any atom is -0.346 e. The van der Waals surface area contributed by atoms with E-state index < -0.39 is 18.1 Å². The molecule has 0 aliphatic carbocycles. The third-order valence-electron chi connectivity index (χ3n) is 0.677. The highest BCUT2D eigenvalue weighted by Gasteiger charge is 2.38. The Labute approximate surface area is 57.9 Å². The van der Waals surface area contributed by atoms with E-state index in [1.54, 1.807) is 5.32 Å². The first-order valence-electron chi connectivity index (χ1n) is 2.71. The van der Waals surface area contributed by atoms with Gasteiger partial charge in [-0.25, -0.2) is 0 Å². The first-order valence-corrected chi connectivity index (χ1v) is 2.71. The highest BCUT2D eigenvalue weighted by atomic mass is 19.4. The molecule has 0 aromatic carbocycles. The van der Waals surface area contributed by atoms with Crippen LogP contribution in [0, 0.1) is 0 Å². The monoisotopic (exact) mass is 157 g/mol. The third-order valence-corrected chi connectivity index (χ3v) is 0.677. The Bertz CT molecular complexity index is 134. The summed E-state index contributed by atoms with van der Waals surface area (Å²) in [5.74, 6) is -1.89. The van der Waals surface area contributed by atoms with E-state index in [9.17, 15) is 18.0 Å². The van der Waals surface area contributed by atoms with Crippen LogP contribution in [0.1, 0.15) is 15.3 Å². The van der Waals surface area contributed by atoms with E-state index in [0.717, 1.165) is 0 Å². The Balaban J connectivity index is 0. The second kappa shape index (κ2) is 2.90. The Morgan fingerprint density at radius 2 is 1.90 bits per heavy atom. The van der Waals surface area contributed by atoms with E-state index in [0.29, 0.717) is 0 Å². The lowest BCUT2D eigenvalue weighted by Gasteiger charge is -2.09. The largest absolute Gasteiger partial charge is 0.471 e. The maximum absolute atomic E-state index is 11.4. The molecule has 0 aliphatic heterocycles. The van der Waals surface area contributed by atoms with Crippen molar-refractivity contribution < 1.29 is 19.4 Å². The van der Waals surface area contributed by atoms with Crippen LogP contribution in [-0.4, -0.2) is 18.1 Å². The number of alkyl halides is 3. The lowest BCUT2D eigenvalue weighted by molar-refractivity contribution is -0.174. The predicted octanol–water partition coefficient (Wildman–Crippen LogP) is 1.32. The molecule has 0 aliphatic rings. The minimum absolute atomic E-state index is 0. The van der Waals surface area contributed by atoms with Gasteiger partial charge in [-0.1, -0.05) is 0 Å². The summed E-state index contributed by atoms with van der Waals surface area (Å²) in [6.07, 6.45) is -4.76. The summed E-state index contributed by atoms with van der Waals surface area (Å²) in [5, 5.41) is 1.72. The molecule has 0 spiro atoms. The smallest absolute Gasteiger partial charge is 0.346 e. The molecule has 1 N–H and O–H groups in total. The highest BCUT2D eigenvalue weighted by Crippen LogP contribution is 2.14. The van der Waals surface area contributed by atoms with Crippen LogP contribution in [0.5, 0.6) is 0 Å². The van der Waals surface area contributed by atoms with Crippen molar-refractivity contribution in [2.75, 3.05) is 0 Å². The maximum Gasteiger partial charge on any atom is 0.471 e. The zero-order valence-electron chi connectivity index (χ0n) is 5.62. The highest BCUT2D eigenvalue weighted by molar-refractivity contribution is 5.81. The molecule has 0 aromatic rings. The van der Waals surface area contributed by atoms with E-state index in [2.05, 4.69) is 0 Å². The van der Waals surface area contributed by atoms with Gasteiger partial charge in [0.15, 0.2) is 0 Å². The van der Waals surface area contributed by atoms with Crippen molar-refractivity contribution in [3.05, 3.63) is 0 Å². The molecule has 0 unspecified atom stereocenters. The molecule has 0 saturated heterocycles. The molecule has 0 saturated carbocycles. The van der Waals surface area contributed by atoms with Crippen molar-refractivity contribution in [2.24, 2.45) is 0 Å². The molecule has 0 aromatic heterocycles. The fourth-order valence-corrected chi connectivity index (χ4v) is 0.344. The molecule has 0 radical (unpaired) electrons. The molecule has 10 heavy (non-hydrogen) atoms. The number of hydrogen-bond acceptors (Lipinski definition) is 1. The SMILES string of the molecule is CC(C)NC(=O)C(F)(F)F.[HH]. The topological polar surface area (TPSA) is 29.1 Å². The van der Waals surface area contributed by atoms with E-state index in [1.807, 2.05) is 0 Å². The van der Waals surface area contributed by atoms with Crippen LogP contribution >= 0.6 is 0 Å². The summed E-state index contributed by atoms with van der Waals surface area (Å²) in [5.41, 5.74) is 0. The summed E-state index contributed by atoms with van der Waals surface area (Å²) in [6, 6.07) is -0.478. The van der Waals surface area contributed by atoms with Gasteiger partial charge in [-0.3, -0.25) is 4.79 Å². The number of halogens is 3. The minimum atomic E-state index is -4.76. The first kappa shape index (κ1) is 9.26. The van der Waals surface area contributed by atoms with E-state index in [4.69, 9.17) is 0 Å². The van der Waals surface area contributed by atoms with Crippen molar-refractivity contribution in [1.29, 1.82) is 0 Å². The van der Waals surface area contributed by atoms with Crippen LogP contribution < -0.4 is 5.32 Å². The van der Waals surface area contributed by atoms with Gasteiger partial charge in [0.1, 0.15) is 0 Å². The van der Waals surface area contributed by atoms with Crippen LogP contribution in [-0.2, 0) is 4.79 Å². The molecule has 0 atom stereocenters. The number of rotatable bonds is 1. The summed E-state index contributed by atoms with van der Waals surface area (Å²) < 4.78 is 34.2. The number of nitrogens with one attached hydrogen (secondary N) is 1. The Kier molecular flexibility index (Phi) is 2.68. The number of carbonyl (C=O) groups is 1. The van der Waals surface area contributed by atoms with E-state index in [1.165, 1.54) is 13.8 Å². The van der Waals surface area contributed by atoms with Gasteiger partial charge in [0.05, 0.1) is 0 Å². The number of hydrogen-bond donors (Lipinski definition) is 1. The molecule has 62 valence electrons. The van der Waals surface area contributed by atoms with Crippen LogP contribution in [0.4, 0.5) is 13.2 Å². The van der Waals surface area contributed by atoms with E-state index in [-0.39, 0.29) is 1.43 Å². The summed E-state index contributed by atoms with van der Waals surface area (Å²) in [6.45, 7) is 2.92. The van der Waals surface area contributed by atoms with Crippen LogP contribution in [0.25, 0.3) is 0 Å². The molecule has 5 heteroatoms. The number of amides is 1. The van der Waals surface area contributed by atoms with Gasteiger partial charge in [-0.2, -0.15) is 13.2 Å². The van der Waals surface area contributed by atoms with Crippen molar-refractivity contribution in [3.63, 3.8) is 0 Å². The standard InChI is InChI=1S/C5H8F3NO.H2/c1-3(2)9-4(10)5(6,7)8;/h3H,1-2H3,(H,9,10);1H. The first-order chi connectivity index (χ1) is 4.34. The van der Waals surface area contributed by atoms with Crippen LogP contribution in [0.15, 0.2) is 0 Å². The molecular formula is C5H10F3NO. The lowest BCUT2D eigenvalue weighted by Crippen LogP contribution is -2.40. The summed E-state index contributed by atoms with van der Waals surface area (Å²) >= 11 is 0. The van der Waals surface area contributed by atoms with Gasteiger partial charge >= 0.3 is 12.1 Å². The van der Waals surface area contributed by atoms with Crippen LogP contribution in [0.2, 0.25) is 0 Å². The van der Waals surface area contributed by atoms with Gasteiger partial charge in [-0.15, -0.1) is 0 Å². The van der Waals surface area contributed by atoms with Crippen molar-refractivity contribution in [1.82, 2.24) is 5.32 Å². The Hall–Kier alpha value is -0.740. The molecule has 0 fully saturated rings. The molecule has 1 amide bonds.